The molecule has 0 radical (unpaired) electrons. The first kappa shape index (κ1) is 72.6. The quantitative estimate of drug-likeness (QED) is 0.0927. The van der Waals surface area contributed by atoms with Gasteiger partial charge < -0.3 is 9.80 Å². The number of hydrogen-bond acceptors (Lipinski definition) is 10. The fraction of sp³-hybridized carbons (Fsp3) is 0.0286. The highest BCUT2D eigenvalue weighted by molar-refractivity contribution is 5.90. The van der Waals surface area contributed by atoms with Crippen LogP contribution in [0, 0.1) is 20.8 Å². The van der Waals surface area contributed by atoms with Crippen molar-refractivity contribution in [2.24, 2.45) is 0 Å². The number of aryl methyl sites for hydroxylation is 3. The van der Waals surface area contributed by atoms with Crippen LogP contribution in [0.15, 0.2) is 419 Å². The maximum Gasteiger partial charge on any atom is 0.159 e. The molecule has 548 valence electrons. The van der Waals surface area contributed by atoms with Crippen molar-refractivity contribution in [1.29, 1.82) is 0 Å². The molecule has 5 heterocycles. The molecule has 0 atom stereocenters. The Kier molecular flexibility index (Phi) is 21.4. The van der Waals surface area contributed by atoms with Crippen molar-refractivity contribution < 1.29 is 0 Å². The summed E-state index contributed by atoms with van der Waals surface area (Å²) in [7, 11) is 0. The number of fused-ring (bicyclic) bond motifs is 2. The normalized spacial score (nSPS) is 10.9. The smallest absolute Gasteiger partial charge is 0.159 e. The number of benzene rings is 14. The zero-order chi connectivity index (χ0) is 77.7. The fourth-order valence-corrected chi connectivity index (χ4v) is 14.4. The Hall–Kier alpha value is -15.3. The predicted molar refractivity (Wildman–Crippen MR) is 475 cm³/mol. The Bertz CT molecular complexity index is 6050. The number of para-hydroxylation sites is 4. The molecule has 0 aliphatic heterocycles. The van der Waals surface area contributed by atoms with Gasteiger partial charge in [-0.15, -0.1) is 0 Å². The van der Waals surface area contributed by atoms with Crippen LogP contribution in [-0.2, 0) is 0 Å². The molecule has 0 N–H and O–H groups in total. The van der Waals surface area contributed by atoms with Gasteiger partial charge in [-0.25, -0.2) is 39.9 Å². The van der Waals surface area contributed by atoms with E-state index in [0.29, 0.717) is 11.6 Å². The number of hydrogen-bond donors (Lipinski definition) is 0. The molecule has 19 aromatic rings. The molecule has 5 aromatic heterocycles. The van der Waals surface area contributed by atoms with E-state index in [4.69, 9.17) is 19.9 Å². The molecular weight excluding hydrogens is 1400 g/mol. The van der Waals surface area contributed by atoms with E-state index in [1.165, 1.54) is 49.4 Å². The highest BCUT2D eigenvalue weighted by Gasteiger charge is 2.18. The lowest BCUT2D eigenvalue weighted by Gasteiger charge is -2.25. The van der Waals surface area contributed by atoms with E-state index >= 15 is 0 Å². The van der Waals surface area contributed by atoms with Crippen LogP contribution in [0.25, 0.3) is 134 Å². The van der Waals surface area contributed by atoms with E-state index in [0.717, 1.165) is 124 Å². The van der Waals surface area contributed by atoms with Crippen LogP contribution in [0.5, 0.6) is 0 Å². The second kappa shape index (κ2) is 33.9. The topological polar surface area (TPSA) is 110 Å². The summed E-state index contributed by atoms with van der Waals surface area (Å²) in [4.78, 5) is 42.2. The second-order valence-corrected chi connectivity index (χ2v) is 28.2. The van der Waals surface area contributed by atoms with Gasteiger partial charge in [-0.1, -0.05) is 267 Å². The summed E-state index contributed by atoms with van der Waals surface area (Å²) < 4.78 is 0. The van der Waals surface area contributed by atoms with Gasteiger partial charge in [-0.3, -0.25) is 0 Å². The van der Waals surface area contributed by atoms with Crippen molar-refractivity contribution in [3.63, 3.8) is 0 Å². The van der Waals surface area contributed by atoms with Gasteiger partial charge in [0.15, 0.2) is 11.6 Å². The third kappa shape index (κ3) is 17.1. The lowest BCUT2D eigenvalue weighted by Crippen LogP contribution is -2.09. The first-order chi connectivity index (χ1) is 56.7. The van der Waals surface area contributed by atoms with Gasteiger partial charge in [0.25, 0.3) is 0 Å². The van der Waals surface area contributed by atoms with Crippen LogP contribution in [0.1, 0.15) is 17.0 Å². The summed E-state index contributed by atoms with van der Waals surface area (Å²) in [6, 6.07) is 137. The van der Waals surface area contributed by atoms with E-state index in [2.05, 4.69) is 334 Å². The van der Waals surface area contributed by atoms with Gasteiger partial charge in [-0.2, -0.15) is 0 Å². The maximum atomic E-state index is 5.14. The summed E-state index contributed by atoms with van der Waals surface area (Å²) in [5, 5.41) is 5.02. The van der Waals surface area contributed by atoms with Gasteiger partial charge >= 0.3 is 0 Å². The molecule has 0 bridgehead atoms. The summed E-state index contributed by atoms with van der Waals surface area (Å²) in [6.07, 6.45) is 7.26. The Morgan fingerprint density at radius 2 is 0.435 bits per heavy atom. The Balaban J connectivity index is 0.000000126. The molecule has 0 saturated carbocycles. The second-order valence-electron chi connectivity index (χ2n) is 28.2. The van der Waals surface area contributed by atoms with Crippen LogP contribution in [0.2, 0.25) is 0 Å². The number of nitrogens with zero attached hydrogens (tertiary/aromatic N) is 10. The summed E-state index contributed by atoms with van der Waals surface area (Å²) in [5.74, 6) is 2.13. The molecule has 0 spiro atoms. The maximum absolute atomic E-state index is 5.14. The van der Waals surface area contributed by atoms with Crippen molar-refractivity contribution in [2.75, 3.05) is 9.80 Å². The molecular formula is C105H78N10. The third-order valence-corrected chi connectivity index (χ3v) is 20.1. The van der Waals surface area contributed by atoms with Gasteiger partial charge in [0.2, 0.25) is 0 Å². The Morgan fingerprint density at radius 3 is 0.783 bits per heavy atom. The van der Waals surface area contributed by atoms with Gasteiger partial charge in [0.05, 0.1) is 34.2 Å². The molecule has 19 rings (SSSR count). The van der Waals surface area contributed by atoms with E-state index < -0.39 is 0 Å². The van der Waals surface area contributed by atoms with Crippen molar-refractivity contribution >= 4 is 55.7 Å². The van der Waals surface area contributed by atoms with Crippen LogP contribution >= 0.6 is 0 Å². The van der Waals surface area contributed by atoms with Crippen molar-refractivity contribution in [1.82, 2.24) is 39.9 Å². The van der Waals surface area contributed by atoms with Crippen molar-refractivity contribution in [3.8, 4) is 113 Å². The minimum absolute atomic E-state index is 0.696. The monoisotopic (exact) mass is 1480 g/mol. The van der Waals surface area contributed by atoms with Crippen LogP contribution in [0.3, 0.4) is 0 Å². The highest BCUT2D eigenvalue weighted by Crippen LogP contribution is 2.40. The van der Waals surface area contributed by atoms with E-state index in [1.54, 1.807) is 0 Å². The minimum Gasteiger partial charge on any atom is -0.311 e. The van der Waals surface area contributed by atoms with E-state index in [1.807, 2.05) is 136 Å². The van der Waals surface area contributed by atoms with Crippen LogP contribution in [0.4, 0.5) is 34.1 Å². The van der Waals surface area contributed by atoms with E-state index in [9.17, 15) is 0 Å². The SMILES string of the molecule is Cc1cc(-c2cccc(-c3ccc4ccccc4c3)c2)nc(-c2cccc(-c3ccc4ccccc4c3)c2)c1.Cc1cc(-c2cnc(-c3ccccc3)nc2)nc(-c2cnc(-c3ccccc3)nc2)c1.Cc1nc(-c2ccc(N(c3ccccc3)c3ccccc3)cc2)cc(-c2ccc(N(c3ccccc3)c3ccccc3)cc2)n1. The zero-order valence-electron chi connectivity index (χ0n) is 63.8. The minimum atomic E-state index is 0.696. The molecule has 10 nitrogen and oxygen atoms in total. The number of anilines is 6. The number of aromatic nitrogens is 8. The first-order valence-electron chi connectivity index (χ1n) is 38.5. The molecule has 0 aliphatic carbocycles. The number of pyridine rings is 2. The van der Waals surface area contributed by atoms with E-state index in [-0.39, 0.29) is 0 Å². The zero-order valence-corrected chi connectivity index (χ0v) is 63.8. The predicted octanol–water partition coefficient (Wildman–Crippen LogP) is 27.1. The average Bonchev–Trinajstić information content (AvgIpc) is 0.807. The van der Waals surface area contributed by atoms with Gasteiger partial charge in [-0.05, 0) is 203 Å². The van der Waals surface area contributed by atoms with Crippen LogP contribution < -0.4 is 9.80 Å². The van der Waals surface area contributed by atoms with Crippen molar-refractivity contribution in [3.05, 3.63) is 436 Å². The third-order valence-electron chi connectivity index (χ3n) is 20.1. The van der Waals surface area contributed by atoms with Crippen molar-refractivity contribution in [2.45, 2.75) is 20.8 Å². The average molecular weight is 1480 g/mol. The molecule has 0 unspecified atom stereocenters. The van der Waals surface area contributed by atoms with Gasteiger partial charge in [0.1, 0.15) is 5.82 Å². The Morgan fingerprint density at radius 1 is 0.174 bits per heavy atom. The molecule has 0 fully saturated rings. The molecule has 0 saturated heterocycles. The molecule has 14 aromatic carbocycles. The Labute approximate surface area is 670 Å². The first-order valence-corrected chi connectivity index (χ1v) is 38.5. The largest absolute Gasteiger partial charge is 0.311 e. The van der Waals surface area contributed by atoms with Gasteiger partial charge in [0, 0.05) is 103 Å². The summed E-state index contributed by atoms with van der Waals surface area (Å²) in [6.45, 7) is 6.15. The standard InChI is InChI=1S/C41H32N4.C38H27N.C26H19N5/c1-31-42-40(32-22-26-38(27-23-32)44(34-14-6-2-7-15-34)35-16-8-3-9-17-35)30-41(43-31)33-24-28-39(29-25-33)45(36-18-10-4-11-19-36)37-20-12-5-13-21-37;1-26-20-37(35-14-6-12-31(24-35)33-18-16-27-8-2-4-10-29(27)22-33)39-38(21-26)36-15-7-13-32(25-36)34-19-17-28-9-3-5-11-30(28)23-34;1-18-12-23(21-14-27-25(28-15-21)19-8-4-2-5-9-19)31-24(13-18)22-16-29-26(30-17-22)20-10-6-3-7-11-20/h2-30H,1H3;2-25H,1H3;2-17H,1H3. The summed E-state index contributed by atoms with van der Waals surface area (Å²) >= 11 is 0. The lowest BCUT2D eigenvalue weighted by atomic mass is 9.97. The molecule has 0 amide bonds. The summed E-state index contributed by atoms with van der Waals surface area (Å²) in [5.41, 5.74) is 27.2. The van der Waals surface area contributed by atoms with Crippen LogP contribution in [-0.4, -0.2) is 39.9 Å². The molecule has 10 heteroatoms. The molecule has 115 heavy (non-hydrogen) atoms. The lowest BCUT2D eigenvalue weighted by molar-refractivity contribution is 1.06. The molecule has 0 aliphatic rings. The highest BCUT2D eigenvalue weighted by atomic mass is 15.1. The fourth-order valence-electron chi connectivity index (χ4n) is 14.4. The number of rotatable bonds is 16.